The van der Waals surface area contributed by atoms with Crippen molar-refractivity contribution in [3.05, 3.63) is 65.5 Å². The molecule has 0 amide bonds. The molecule has 202 valence electrons. The number of hydrogen-bond donors (Lipinski definition) is 1. The fraction of sp³-hybridized carbons (Fsp3) is 0.517. The lowest BCUT2D eigenvalue weighted by Gasteiger charge is -2.25. The molecule has 0 aliphatic carbocycles. The second kappa shape index (κ2) is 15.5. The highest BCUT2D eigenvalue weighted by Gasteiger charge is 2.29. The van der Waals surface area contributed by atoms with E-state index in [4.69, 9.17) is 10.00 Å². The third-order valence-electron chi connectivity index (χ3n) is 6.57. The molecule has 8 heteroatoms. The third kappa shape index (κ3) is 10.3. The van der Waals surface area contributed by atoms with E-state index in [-0.39, 0.29) is 11.5 Å². The number of rotatable bonds is 16. The summed E-state index contributed by atoms with van der Waals surface area (Å²) in [5.74, 6) is -0.816. The maximum absolute atomic E-state index is 13.3. The Labute approximate surface area is 221 Å². The molecule has 0 heterocycles. The molecule has 2 rings (SSSR count). The van der Waals surface area contributed by atoms with Crippen LogP contribution in [0.2, 0.25) is 0 Å². The standard InChI is InChI=1S/C29H39FN2O4S/c1-4-6-7-8-9-10-11-28(29(33)36-27-18-16-25(30)17-19-27)32-26(5-2)21-37(34,35)22(3)24-14-12-23(20-31)13-15-24/h12-19,22,26,28,32H,4-11,21H2,1-3H3. The minimum absolute atomic E-state index is 0.137. The van der Waals surface area contributed by atoms with Crippen LogP contribution < -0.4 is 10.1 Å². The van der Waals surface area contributed by atoms with E-state index >= 15 is 0 Å². The molecule has 0 aliphatic heterocycles. The molecule has 0 spiro atoms. The van der Waals surface area contributed by atoms with Crippen LogP contribution in [0.3, 0.4) is 0 Å². The van der Waals surface area contributed by atoms with Crippen LogP contribution in [0.5, 0.6) is 5.75 Å². The molecule has 0 saturated heterocycles. The molecule has 0 radical (unpaired) electrons. The van der Waals surface area contributed by atoms with E-state index in [9.17, 15) is 17.6 Å². The molecule has 6 nitrogen and oxygen atoms in total. The summed E-state index contributed by atoms with van der Waals surface area (Å²) in [7, 11) is -3.55. The van der Waals surface area contributed by atoms with Crippen molar-refractivity contribution in [2.45, 2.75) is 89.5 Å². The number of ether oxygens (including phenoxy) is 1. The molecule has 0 fully saturated rings. The van der Waals surface area contributed by atoms with Gasteiger partial charge in [0.1, 0.15) is 17.6 Å². The Hall–Kier alpha value is -2.76. The SMILES string of the molecule is CCCCCCCCC(NC(CC)CS(=O)(=O)C(C)c1ccc(C#N)cc1)C(=O)Oc1ccc(F)cc1. The van der Waals surface area contributed by atoms with Gasteiger partial charge >= 0.3 is 5.97 Å². The van der Waals surface area contributed by atoms with Gasteiger partial charge in [0.25, 0.3) is 0 Å². The Morgan fingerprint density at radius 2 is 1.62 bits per heavy atom. The van der Waals surface area contributed by atoms with Gasteiger partial charge in [-0.25, -0.2) is 17.6 Å². The number of hydrogen-bond acceptors (Lipinski definition) is 6. The van der Waals surface area contributed by atoms with E-state index < -0.39 is 39.0 Å². The summed E-state index contributed by atoms with van der Waals surface area (Å²) in [5.41, 5.74) is 1.09. The molecule has 2 aromatic carbocycles. The summed E-state index contributed by atoms with van der Waals surface area (Å²) in [4.78, 5) is 13.0. The van der Waals surface area contributed by atoms with E-state index in [0.29, 0.717) is 24.0 Å². The van der Waals surface area contributed by atoms with Crippen molar-refractivity contribution >= 4 is 15.8 Å². The first kappa shape index (κ1) is 30.5. The number of nitriles is 1. The topological polar surface area (TPSA) is 96.3 Å². The normalized spacial score (nSPS) is 13.9. The predicted octanol–water partition coefficient (Wildman–Crippen LogP) is 6.27. The van der Waals surface area contributed by atoms with Gasteiger partial charge in [0.05, 0.1) is 22.6 Å². The average molecular weight is 531 g/mol. The molecule has 0 saturated carbocycles. The van der Waals surface area contributed by atoms with E-state index in [1.54, 1.807) is 31.2 Å². The van der Waals surface area contributed by atoms with Crippen molar-refractivity contribution in [3.63, 3.8) is 0 Å². The summed E-state index contributed by atoms with van der Waals surface area (Å²) in [6.07, 6.45) is 7.39. The summed E-state index contributed by atoms with van der Waals surface area (Å²) >= 11 is 0. The number of nitrogens with zero attached hydrogens (tertiary/aromatic N) is 1. The number of carbonyl (C=O) groups is 1. The highest BCUT2D eigenvalue weighted by molar-refractivity contribution is 7.91. The lowest BCUT2D eigenvalue weighted by molar-refractivity contribution is -0.137. The fourth-order valence-electron chi connectivity index (χ4n) is 4.12. The van der Waals surface area contributed by atoms with Gasteiger partial charge in [0.2, 0.25) is 0 Å². The predicted molar refractivity (Wildman–Crippen MR) is 144 cm³/mol. The summed E-state index contributed by atoms with van der Waals surface area (Å²) in [5, 5.41) is 11.5. The Morgan fingerprint density at radius 3 is 2.22 bits per heavy atom. The Morgan fingerprint density at radius 1 is 1.00 bits per heavy atom. The maximum Gasteiger partial charge on any atom is 0.328 e. The van der Waals surface area contributed by atoms with E-state index in [2.05, 4.69) is 12.2 Å². The quantitative estimate of drug-likeness (QED) is 0.156. The molecule has 3 atom stereocenters. The first-order valence-electron chi connectivity index (χ1n) is 13.1. The number of unbranched alkanes of at least 4 members (excludes halogenated alkanes) is 5. The largest absolute Gasteiger partial charge is 0.425 e. The van der Waals surface area contributed by atoms with Crippen molar-refractivity contribution in [3.8, 4) is 11.8 Å². The molecule has 0 bridgehead atoms. The molecule has 37 heavy (non-hydrogen) atoms. The molecule has 3 unspecified atom stereocenters. The van der Waals surface area contributed by atoms with Gasteiger partial charge in [0, 0.05) is 6.04 Å². The zero-order chi connectivity index (χ0) is 27.3. The number of nitrogens with one attached hydrogen (secondary N) is 1. The molecular formula is C29H39FN2O4S. The van der Waals surface area contributed by atoms with Gasteiger partial charge < -0.3 is 10.1 Å². The Kier molecular flexibility index (Phi) is 12.7. The summed E-state index contributed by atoms with van der Waals surface area (Å²) < 4.78 is 45.2. The fourth-order valence-corrected chi connectivity index (χ4v) is 5.87. The average Bonchev–Trinajstić information content (AvgIpc) is 2.90. The first-order valence-corrected chi connectivity index (χ1v) is 14.9. The third-order valence-corrected chi connectivity index (χ3v) is 8.79. The van der Waals surface area contributed by atoms with Crippen molar-refractivity contribution in [1.82, 2.24) is 5.32 Å². The van der Waals surface area contributed by atoms with Gasteiger partial charge in [-0.2, -0.15) is 5.26 Å². The van der Waals surface area contributed by atoms with Crippen LogP contribution >= 0.6 is 0 Å². The lowest BCUT2D eigenvalue weighted by atomic mass is 10.0. The van der Waals surface area contributed by atoms with Gasteiger partial charge in [-0.1, -0.05) is 64.5 Å². The van der Waals surface area contributed by atoms with Gasteiger partial charge in [0.15, 0.2) is 9.84 Å². The van der Waals surface area contributed by atoms with Gasteiger partial charge in [-0.15, -0.1) is 0 Å². The van der Waals surface area contributed by atoms with Crippen molar-refractivity contribution in [2.75, 3.05) is 5.75 Å². The zero-order valence-corrected chi connectivity index (χ0v) is 22.9. The van der Waals surface area contributed by atoms with Crippen LogP contribution in [0.25, 0.3) is 0 Å². The monoisotopic (exact) mass is 530 g/mol. The van der Waals surface area contributed by atoms with Crippen molar-refractivity contribution in [1.29, 1.82) is 5.26 Å². The van der Waals surface area contributed by atoms with Crippen LogP contribution in [0.4, 0.5) is 4.39 Å². The number of sulfone groups is 1. The molecule has 0 aromatic heterocycles. The van der Waals surface area contributed by atoms with Crippen LogP contribution in [0, 0.1) is 17.1 Å². The number of halogens is 1. The summed E-state index contributed by atoms with van der Waals surface area (Å²) in [6, 6.07) is 12.7. The smallest absolute Gasteiger partial charge is 0.328 e. The minimum Gasteiger partial charge on any atom is -0.425 e. The van der Waals surface area contributed by atoms with E-state index in [0.717, 1.165) is 32.1 Å². The van der Waals surface area contributed by atoms with E-state index in [1.807, 2.05) is 13.0 Å². The molecule has 0 aliphatic rings. The second-order valence-corrected chi connectivity index (χ2v) is 11.8. The maximum atomic E-state index is 13.3. The molecule has 1 N–H and O–H groups in total. The first-order chi connectivity index (χ1) is 17.7. The second-order valence-electron chi connectivity index (χ2n) is 9.46. The number of carbonyl (C=O) groups excluding carboxylic acids is 1. The Bertz CT molecular complexity index is 1110. The van der Waals surface area contributed by atoms with E-state index in [1.165, 1.54) is 30.7 Å². The summed E-state index contributed by atoms with van der Waals surface area (Å²) in [6.45, 7) is 5.68. The van der Waals surface area contributed by atoms with Crippen molar-refractivity contribution < 1.29 is 22.3 Å². The van der Waals surface area contributed by atoms with Crippen molar-refractivity contribution in [2.24, 2.45) is 0 Å². The van der Waals surface area contributed by atoms with Gasteiger partial charge in [-0.3, -0.25) is 0 Å². The molecule has 2 aromatic rings. The van der Waals surface area contributed by atoms with Crippen LogP contribution in [-0.4, -0.2) is 32.2 Å². The van der Waals surface area contributed by atoms with Crippen LogP contribution in [-0.2, 0) is 14.6 Å². The highest BCUT2D eigenvalue weighted by atomic mass is 32.2. The van der Waals surface area contributed by atoms with Crippen LogP contribution in [0.1, 0.15) is 88.5 Å². The van der Waals surface area contributed by atoms with Crippen LogP contribution in [0.15, 0.2) is 48.5 Å². The molecular weight excluding hydrogens is 491 g/mol. The lowest BCUT2D eigenvalue weighted by Crippen LogP contribution is -2.48. The van der Waals surface area contributed by atoms with Gasteiger partial charge in [-0.05, 0) is 61.7 Å². The highest BCUT2D eigenvalue weighted by Crippen LogP contribution is 2.24. The Balaban J connectivity index is 2.09. The zero-order valence-electron chi connectivity index (χ0n) is 22.1. The number of esters is 1. The minimum atomic E-state index is -3.55. The number of benzene rings is 2.